The van der Waals surface area contributed by atoms with Gasteiger partial charge in [0.05, 0.1) is 6.61 Å². The minimum absolute atomic E-state index is 0.0418. The highest BCUT2D eigenvalue weighted by molar-refractivity contribution is 7.89. The first-order valence-corrected chi connectivity index (χ1v) is 8.67. The van der Waals surface area contributed by atoms with Crippen LogP contribution in [-0.4, -0.2) is 65.7 Å². The quantitative estimate of drug-likeness (QED) is 0.808. The summed E-state index contributed by atoms with van der Waals surface area (Å²) in [5, 5.41) is 15.8. The smallest absolute Gasteiger partial charge is 0.262 e. The third kappa shape index (κ3) is 3.45. The highest BCUT2D eigenvalue weighted by atomic mass is 32.2. The summed E-state index contributed by atoms with van der Waals surface area (Å²) in [7, 11) is -3.63. The van der Waals surface area contributed by atoms with Gasteiger partial charge in [0.2, 0.25) is 0 Å². The molecule has 0 amide bonds. The number of hydrogen-bond acceptors (Lipinski definition) is 5. The molecule has 2 N–H and O–H groups in total. The van der Waals surface area contributed by atoms with E-state index < -0.39 is 10.0 Å². The van der Waals surface area contributed by atoms with Crippen molar-refractivity contribution in [3.63, 3.8) is 0 Å². The summed E-state index contributed by atoms with van der Waals surface area (Å²) in [5.74, 6) is 0.572. The average Bonchev–Trinajstić information content (AvgIpc) is 2.80. The maximum atomic E-state index is 12.6. The first-order chi connectivity index (χ1) is 9.86. The Labute approximate surface area is 126 Å². The highest BCUT2D eigenvalue weighted by Gasteiger charge is 2.32. The number of rotatable bonds is 5. The zero-order valence-corrected chi connectivity index (χ0v) is 13.7. The van der Waals surface area contributed by atoms with E-state index in [1.165, 1.54) is 4.31 Å². The van der Waals surface area contributed by atoms with Gasteiger partial charge in [-0.1, -0.05) is 13.8 Å². The molecule has 1 fully saturated rings. The molecule has 2 heterocycles. The molecule has 7 nitrogen and oxygen atoms in total. The second kappa shape index (κ2) is 6.43. The van der Waals surface area contributed by atoms with Gasteiger partial charge in [-0.25, -0.2) is 8.42 Å². The zero-order chi connectivity index (χ0) is 15.6. The summed E-state index contributed by atoms with van der Waals surface area (Å²) >= 11 is 0. The lowest BCUT2D eigenvalue weighted by Crippen LogP contribution is -2.49. The maximum absolute atomic E-state index is 12.6. The topological polar surface area (TPSA) is 89.5 Å². The van der Waals surface area contributed by atoms with E-state index in [0.717, 1.165) is 19.6 Å². The average molecular weight is 316 g/mol. The molecular weight excluding hydrogens is 292 g/mol. The normalized spacial score (nSPS) is 18.5. The van der Waals surface area contributed by atoms with Gasteiger partial charge in [0.15, 0.2) is 5.03 Å². The van der Waals surface area contributed by atoms with Crippen LogP contribution in [0.1, 0.15) is 25.1 Å². The molecule has 1 saturated heterocycles. The fraction of sp³-hybridized carbons (Fsp3) is 0.769. The minimum atomic E-state index is -3.63. The summed E-state index contributed by atoms with van der Waals surface area (Å²) in [6.45, 7) is 9.06. The van der Waals surface area contributed by atoms with Crippen molar-refractivity contribution >= 4 is 10.0 Å². The van der Waals surface area contributed by atoms with Crippen LogP contribution < -0.4 is 0 Å². The van der Waals surface area contributed by atoms with Crippen LogP contribution in [0.2, 0.25) is 0 Å². The van der Waals surface area contributed by atoms with Crippen molar-refractivity contribution in [1.82, 2.24) is 19.4 Å². The molecule has 0 radical (unpaired) electrons. The first kappa shape index (κ1) is 16.4. The van der Waals surface area contributed by atoms with Gasteiger partial charge < -0.3 is 10.0 Å². The largest absolute Gasteiger partial charge is 0.392 e. The molecule has 120 valence electrons. The molecule has 8 heteroatoms. The van der Waals surface area contributed by atoms with Gasteiger partial charge in [0.1, 0.15) is 0 Å². The number of nitrogens with zero attached hydrogens (tertiary/aromatic N) is 3. The van der Waals surface area contributed by atoms with Gasteiger partial charge in [-0.2, -0.15) is 9.40 Å². The Bertz CT molecular complexity index is 574. The predicted molar refractivity (Wildman–Crippen MR) is 79.3 cm³/mol. The Morgan fingerprint density at radius 3 is 2.43 bits per heavy atom. The maximum Gasteiger partial charge on any atom is 0.262 e. The van der Waals surface area contributed by atoms with E-state index in [-0.39, 0.29) is 11.6 Å². The molecule has 0 spiro atoms. The molecule has 0 aliphatic carbocycles. The van der Waals surface area contributed by atoms with E-state index in [1.807, 2.05) is 0 Å². The van der Waals surface area contributed by atoms with Gasteiger partial charge in [-0.3, -0.25) is 5.10 Å². The Morgan fingerprint density at radius 2 is 1.90 bits per heavy atom. The van der Waals surface area contributed by atoms with Crippen molar-refractivity contribution in [3.8, 4) is 0 Å². The third-order valence-corrected chi connectivity index (χ3v) is 5.60. The lowest BCUT2D eigenvalue weighted by molar-refractivity contribution is 0.172. The van der Waals surface area contributed by atoms with E-state index >= 15 is 0 Å². The monoisotopic (exact) mass is 316 g/mol. The van der Waals surface area contributed by atoms with E-state index in [4.69, 9.17) is 0 Å². The van der Waals surface area contributed by atoms with E-state index in [9.17, 15) is 13.5 Å². The Kier molecular flexibility index (Phi) is 5.03. The van der Waals surface area contributed by atoms with Crippen LogP contribution in [0.4, 0.5) is 0 Å². The number of nitrogens with one attached hydrogen (secondary N) is 1. The number of aryl methyl sites for hydroxylation is 1. The number of sulfonamides is 1. The van der Waals surface area contributed by atoms with E-state index in [1.54, 1.807) is 6.92 Å². The Morgan fingerprint density at radius 1 is 1.29 bits per heavy atom. The van der Waals surface area contributed by atoms with Crippen molar-refractivity contribution in [1.29, 1.82) is 0 Å². The molecule has 1 aliphatic rings. The predicted octanol–water partition coefficient (Wildman–Crippen LogP) is 0.173. The van der Waals surface area contributed by atoms with Gasteiger partial charge in [0, 0.05) is 44.0 Å². The van der Waals surface area contributed by atoms with Crippen LogP contribution in [0, 0.1) is 12.8 Å². The SMILES string of the molecule is Cc1[nH]nc(S(=O)(=O)N2CCN(CC(C)C)CC2)c1CO. The third-order valence-electron chi connectivity index (χ3n) is 3.73. The number of H-pyrrole nitrogens is 1. The second-order valence-electron chi connectivity index (χ2n) is 5.89. The lowest BCUT2D eigenvalue weighted by Gasteiger charge is -2.34. The lowest BCUT2D eigenvalue weighted by atomic mass is 10.2. The van der Waals surface area contributed by atoms with Crippen molar-refractivity contribution in [2.45, 2.75) is 32.4 Å². The van der Waals surface area contributed by atoms with E-state index in [2.05, 4.69) is 28.9 Å². The molecule has 0 atom stereocenters. The van der Waals surface area contributed by atoms with Gasteiger partial charge >= 0.3 is 0 Å². The van der Waals surface area contributed by atoms with Gasteiger partial charge in [0.25, 0.3) is 10.0 Å². The number of aliphatic hydroxyl groups excluding tert-OH is 1. The number of aromatic nitrogens is 2. The van der Waals surface area contributed by atoms with Crippen LogP contribution in [0.15, 0.2) is 5.03 Å². The number of aromatic amines is 1. The van der Waals surface area contributed by atoms with Gasteiger partial charge in [-0.05, 0) is 12.8 Å². The van der Waals surface area contributed by atoms with Gasteiger partial charge in [-0.15, -0.1) is 0 Å². The summed E-state index contributed by atoms with van der Waals surface area (Å²) < 4.78 is 26.7. The fourth-order valence-electron chi connectivity index (χ4n) is 2.62. The fourth-order valence-corrected chi connectivity index (χ4v) is 4.20. The van der Waals surface area contributed by atoms with Crippen molar-refractivity contribution in [2.24, 2.45) is 5.92 Å². The molecule has 2 rings (SSSR count). The molecule has 1 aliphatic heterocycles. The van der Waals surface area contributed by atoms with Crippen molar-refractivity contribution < 1.29 is 13.5 Å². The molecule has 0 bridgehead atoms. The van der Waals surface area contributed by atoms with Crippen LogP contribution in [0.3, 0.4) is 0 Å². The molecular formula is C13H24N4O3S. The number of aliphatic hydroxyl groups is 1. The molecule has 0 aromatic carbocycles. The summed E-state index contributed by atoms with van der Waals surface area (Å²) in [6.07, 6.45) is 0. The van der Waals surface area contributed by atoms with Crippen molar-refractivity contribution in [2.75, 3.05) is 32.7 Å². The van der Waals surface area contributed by atoms with Crippen LogP contribution in [0.25, 0.3) is 0 Å². The Hall–Kier alpha value is -0.960. The summed E-state index contributed by atoms with van der Waals surface area (Å²) in [6, 6.07) is 0. The molecule has 1 aromatic heterocycles. The second-order valence-corrected chi connectivity index (χ2v) is 7.74. The van der Waals surface area contributed by atoms with Crippen molar-refractivity contribution in [3.05, 3.63) is 11.3 Å². The number of piperazine rings is 1. The van der Waals surface area contributed by atoms with Crippen LogP contribution >= 0.6 is 0 Å². The molecule has 1 aromatic rings. The minimum Gasteiger partial charge on any atom is -0.392 e. The summed E-state index contributed by atoms with van der Waals surface area (Å²) in [5.41, 5.74) is 0.953. The van der Waals surface area contributed by atoms with Crippen LogP contribution in [0.5, 0.6) is 0 Å². The zero-order valence-electron chi connectivity index (χ0n) is 12.8. The molecule has 0 unspecified atom stereocenters. The standard InChI is InChI=1S/C13H24N4O3S/c1-10(2)8-16-4-6-17(7-5-16)21(19,20)13-12(9-18)11(3)14-15-13/h10,18H,4-9H2,1-3H3,(H,14,15). The molecule has 21 heavy (non-hydrogen) atoms. The Balaban J connectivity index is 2.11. The summed E-state index contributed by atoms with van der Waals surface area (Å²) in [4.78, 5) is 2.28. The first-order valence-electron chi connectivity index (χ1n) is 7.23. The highest BCUT2D eigenvalue weighted by Crippen LogP contribution is 2.21. The van der Waals surface area contributed by atoms with Crippen LogP contribution in [-0.2, 0) is 16.6 Å². The molecule has 0 saturated carbocycles. The number of hydrogen-bond donors (Lipinski definition) is 2. The van der Waals surface area contributed by atoms with E-state index in [0.29, 0.717) is 30.3 Å².